The molecule has 1 aliphatic heterocycles. The maximum absolute atomic E-state index is 13.3. The molecule has 1 fully saturated rings. The predicted molar refractivity (Wildman–Crippen MR) is 114 cm³/mol. The third-order valence-electron chi connectivity index (χ3n) is 4.55. The van der Waals surface area contributed by atoms with E-state index in [1.165, 1.54) is 16.7 Å². The van der Waals surface area contributed by atoms with Gasteiger partial charge in [-0.2, -0.15) is 5.26 Å². The molecular formula is C23H22N2O3S. The normalized spacial score (nSPS) is 17.8. The molecule has 1 saturated heterocycles. The van der Waals surface area contributed by atoms with E-state index in [-0.39, 0.29) is 18.1 Å². The van der Waals surface area contributed by atoms with Gasteiger partial charge in [-0.05, 0) is 44.9 Å². The van der Waals surface area contributed by atoms with E-state index in [1.54, 1.807) is 6.92 Å². The smallest absolute Gasteiger partial charge is 0.351 e. The molecule has 0 aromatic heterocycles. The number of amides is 1. The first-order valence-electron chi connectivity index (χ1n) is 9.39. The largest absolute Gasteiger partial charge is 0.462 e. The Morgan fingerprint density at radius 2 is 1.90 bits per heavy atom. The first kappa shape index (κ1) is 20.7. The molecule has 2 aromatic rings. The number of hydrogen-bond acceptors (Lipinski definition) is 5. The van der Waals surface area contributed by atoms with E-state index in [0.717, 1.165) is 16.7 Å². The fourth-order valence-electron chi connectivity index (χ4n) is 3.16. The highest BCUT2D eigenvalue weighted by Gasteiger charge is 2.41. The maximum Gasteiger partial charge on any atom is 0.351 e. The lowest BCUT2D eigenvalue weighted by molar-refractivity contribution is -0.138. The van der Waals surface area contributed by atoms with Gasteiger partial charge in [-0.1, -0.05) is 59.3 Å². The zero-order chi connectivity index (χ0) is 21.0. The van der Waals surface area contributed by atoms with Gasteiger partial charge in [0.05, 0.1) is 11.9 Å². The highest BCUT2D eigenvalue weighted by atomic mass is 32.2. The van der Waals surface area contributed by atoms with Crippen molar-refractivity contribution >= 4 is 29.3 Å². The molecule has 1 amide bonds. The fraction of sp³-hybridized carbons (Fsp3) is 0.261. The van der Waals surface area contributed by atoms with Crippen molar-refractivity contribution in [2.24, 2.45) is 0 Å². The quantitative estimate of drug-likeness (QED) is 0.421. The number of ether oxygens (including phenoxy) is 1. The van der Waals surface area contributed by atoms with Crippen molar-refractivity contribution in [3.63, 3.8) is 0 Å². The van der Waals surface area contributed by atoms with Crippen LogP contribution < -0.4 is 4.90 Å². The van der Waals surface area contributed by atoms with Crippen molar-refractivity contribution < 1.29 is 14.3 Å². The molecule has 0 bridgehead atoms. The molecular weight excluding hydrogens is 384 g/mol. The highest BCUT2D eigenvalue weighted by molar-refractivity contribution is 8.05. The number of nitriles is 1. The lowest BCUT2D eigenvalue weighted by Crippen LogP contribution is -2.30. The minimum Gasteiger partial charge on any atom is -0.462 e. The van der Waals surface area contributed by atoms with Gasteiger partial charge in [-0.15, -0.1) is 0 Å². The number of esters is 1. The molecule has 0 saturated carbocycles. The molecule has 3 rings (SSSR count). The van der Waals surface area contributed by atoms with Gasteiger partial charge < -0.3 is 4.74 Å². The molecule has 148 valence electrons. The van der Waals surface area contributed by atoms with E-state index in [2.05, 4.69) is 0 Å². The lowest BCUT2D eigenvalue weighted by atomic mass is 10.1. The summed E-state index contributed by atoms with van der Waals surface area (Å²) in [6.07, 6.45) is 0.512. The van der Waals surface area contributed by atoms with Gasteiger partial charge in [0.1, 0.15) is 11.1 Å². The summed E-state index contributed by atoms with van der Waals surface area (Å²) in [6, 6.07) is 17.4. The molecule has 1 atom stereocenters. The minimum absolute atomic E-state index is 0.141. The van der Waals surface area contributed by atoms with Crippen LogP contribution in [0.4, 0.5) is 5.69 Å². The Morgan fingerprint density at radius 1 is 1.17 bits per heavy atom. The molecule has 0 spiro atoms. The number of rotatable bonds is 5. The topological polar surface area (TPSA) is 70.4 Å². The number of aryl methyl sites for hydroxylation is 2. The third kappa shape index (κ3) is 4.52. The van der Waals surface area contributed by atoms with Crippen LogP contribution in [-0.2, 0) is 20.7 Å². The van der Waals surface area contributed by atoms with Crippen LogP contribution in [0, 0.1) is 25.2 Å². The minimum atomic E-state index is -0.710. The Morgan fingerprint density at radius 3 is 2.52 bits per heavy atom. The Labute approximate surface area is 175 Å². The van der Waals surface area contributed by atoms with E-state index in [9.17, 15) is 14.9 Å². The molecule has 1 unspecified atom stereocenters. The maximum atomic E-state index is 13.3. The average Bonchev–Trinajstić information content (AvgIpc) is 2.99. The Kier molecular flexibility index (Phi) is 6.40. The fourth-order valence-corrected chi connectivity index (χ4v) is 4.46. The van der Waals surface area contributed by atoms with E-state index in [4.69, 9.17) is 4.74 Å². The predicted octanol–water partition coefficient (Wildman–Crippen LogP) is 4.29. The van der Waals surface area contributed by atoms with Gasteiger partial charge in [0.15, 0.2) is 5.57 Å². The molecule has 5 nitrogen and oxygen atoms in total. The van der Waals surface area contributed by atoms with Crippen molar-refractivity contribution in [3.05, 3.63) is 75.8 Å². The molecule has 1 heterocycles. The number of hydrogen-bond donors (Lipinski definition) is 0. The molecule has 0 N–H and O–H groups in total. The van der Waals surface area contributed by atoms with Crippen LogP contribution in [0.2, 0.25) is 0 Å². The van der Waals surface area contributed by atoms with Crippen molar-refractivity contribution in [2.75, 3.05) is 11.5 Å². The Balaban J connectivity index is 2.03. The van der Waals surface area contributed by atoms with Crippen LogP contribution in [0.15, 0.2) is 59.1 Å². The molecule has 1 aliphatic rings. The van der Waals surface area contributed by atoms with Gasteiger partial charge in [-0.25, -0.2) is 4.79 Å². The van der Waals surface area contributed by atoms with E-state index in [1.807, 2.05) is 68.4 Å². The van der Waals surface area contributed by atoms with Crippen LogP contribution in [0.5, 0.6) is 0 Å². The van der Waals surface area contributed by atoms with Crippen LogP contribution in [0.3, 0.4) is 0 Å². The van der Waals surface area contributed by atoms with Crippen LogP contribution in [-0.4, -0.2) is 23.7 Å². The van der Waals surface area contributed by atoms with E-state index < -0.39 is 11.2 Å². The van der Waals surface area contributed by atoms with Crippen LogP contribution >= 0.6 is 11.8 Å². The summed E-state index contributed by atoms with van der Waals surface area (Å²) in [5.41, 5.74) is 3.70. The summed E-state index contributed by atoms with van der Waals surface area (Å²) >= 11 is 1.25. The summed E-state index contributed by atoms with van der Waals surface area (Å²) in [5, 5.41) is 9.54. The highest BCUT2D eigenvalue weighted by Crippen LogP contribution is 2.42. The second-order valence-corrected chi connectivity index (χ2v) is 8.01. The zero-order valence-electron chi connectivity index (χ0n) is 16.6. The summed E-state index contributed by atoms with van der Waals surface area (Å²) in [4.78, 5) is 27.1. The number of carbonyl (C=O) groups excluding carboxylic acids is 2. The van der Waals surface area contributed by atoms with Crippen molar-refractivity contribution in [1.29, 1.82) is 5.26 Å². The average molecular weight is 407 g/mol. The monoisotopic (exact) mass is 406 g/mol. The summed E-state index contributed by atoms with van der Waals surface area (Å²) in [7, 11) is 0. The van der Waals surface area contributed by atoms with Crippen LogP contribution in [0.1, 0.15) is 23.6 Å². The Hall–Kier alpha value is -3.04. The Bertz CT molecular complexity index is 1010. The van der Waals surface area contributed by atoms with Crippen LogP contribution in [0.25, 0.3) is 0 Å². The number of anilines is 1. The number of benzene rings is 2. The van der Waals surface area contributed by atoms with E-state index in [0.29, 0.717) is 17.1 Å². The van der Waals surface area contributed by atoms with Gasteiger partial charge in [-0.3, -0.25) is 9.69 Å². The molecule has 0 aliphatic carbocycles. The zero-order valence-corrected chi connectivity index (χ0v) is 17.5. The van der Waals surface area contributed by atoms with Crippen molar-refractivity contribution in [1.82, 2.24) is 0 Å². The second kappa shape index (κ2) is 8.97. The summed E-state index contributed by atoms with van der Waals surface area (Å²) in [5.74, 6) is -0.856. The molecule has 0 radical (unpaired) electrons. The summed E-state index contributed by atoms with van der Waals surface area (Å²) in [6.45, 7) is 5.81. The first-order valence-corrected chi connectivity index (χ1v) is 10.3. The molecule has 29 heavy (non-hydrogen) atoms. The standard InChI is InChI=1S/C23H22N2O3S/c1-4-28-23(27)19(14-24)22-25(18-10-8-15(2)9-11-18)21(26)20(29-22)13-17-7-5-6-16(3)12-17/h5-12,20H,4,13H2,1-3H3/b22-19-. The number of nitrogens with zero attached hydrogens (tertiary/aromatic N) is 2. The number of thioether (sulfide) groups is 1. The van der Waals surface area contributed by atoms with Gasteiger partial charge in [0.2, 0.25) is 5.91 Å². The molecule has 6 heteroatoms. The first-order chi connectivity index (χ1) is 13.9. The number of carbonyl (C=O) groups is 2. The molecule has 2 aromatic carbocycles. The van der Waals surface area contributed by atoms with Gasteiger partial charge in [0, 0.05) is 5.69 Å². The third-order valence-corrected chi connectivity index (χ3v) is 5.82. The second-order valence-electron chi connectivity index (χ2n) is 6.82. The summed E-state index contributed by atoms with van der Waals surface area (Å²) < 4.78 is 5.04. The van der Waals surface area contributed by atoms with Crippen molar-refractivity contribution in [2.45, 2.75) is 32.4 Å². The van der Waals surface area contributed by atoms with Gasteiger partial charge >= 0.3 is 5.97 Å². The van der Waals surface area contributed by atoms with E-state index >= 15 is 0 Å². The van der Waals surface area contributed by atoms with Gasteiger partial charge in [0.25, 0.3) is 0 Å². The lowest BCUT2D eigenvalue weighted by Gasteiger charge is -2.18. The van der Waals surface area contributed by atoms with Crippen molar-refractivity contribution in [3.8, 4) is 6.07 Å². The SMILES string of the molecule is CCOC(=O)/C(C#N)=C1\SC(Cc2cccc(C)c2)C(=O)N1c1ccc(C)cc1.